The minimum absolute atomic E-state index is 0. The minimum Gasteiger partial charge on any atom is -0.345 e. The van der Waals surface area contributed by atoms with Gasteiger partial charge in [0, 0.05) is 7.50 Å². The highest BCUT2D eigenvalue weighted by atomic mass is 14.9. The third-order valence-corrected chi connectivity index (χ3v) is 2.15. The van der Waals surface area contributed by atoms with Gasteiger partial charge in [-0.1, -0.05) is 27.7 Å². The van der Waals surface area contributed by atoms with Crippen LogP contribution in [0.2, 0.25) is 0 Å². The van der Waals surface area contributed by atoms with Crippen molar-refractivity contribution >= 4 is 12.2 Å². The Kier molecular flexibility index (Phi) is 4.14. The molecule has 82 valence electrons. The number of allylic oxidation sites excluding steroid dienone is 2. The lowest BCUT2D eigenvalue weighted by Crippen LogP contribution is -1.89. The van der Waals surface area contributed by atoms with Gasteiger partial charge in [-0.2, -0.15) is 0 Å². The van der Waals surface area contributed by atoms with Gasteiger partial charge in [-0.3, -0.25) is 0 Å². The zero-order valence-electron chi connectivity index (χ0n) is 9.83. The summed E-state index contributed by atoms with van der Waals surface area (Å²) >= 11 is 0. The third kappa shape index (κ3) is 2.71. The fourth-order valence-corrected chi connectivity index (χ4v) is 1.30. The van der Waals surface area contributed by atoms with E-state index in [0.29, 0.717) is 5.92 Å². The van der Waals surface area contributed by atoms with Gasteiger partial charge in [0.1, 0.15) is 0 Å². The molecule has 1 N–H and O–H groups in total. The Morgan fingerprint density at radius 2 is 2.07 bits per heavy atom. The van der Waals surface area contributed by atoms with Gasteiger partial charge in [0.05, 0.1) is 17.7 Å². The molecule has 2 rings (SSSR count). The second-order valence-corrected chi connectivity index (χ2v) is 3.46. The topological polar surface area (TPSA) is 28.7 Å². The van der Waals surface area contributed by atoms with E-state index in [4.69, 9.17) is 0 Å². The maximum atomic E-state index is 4.17. The number of aromatic nitrogens is 2. The van der Waals surface area contributed by atoms with Crippen molar-refractivity contribution in [1.82, 2.24) is 9.97 Å². The molecule has 1 aromatic heterocycles. The number of hydrogen-bond acceptors (Lipinski definition) is 1. The number of rotatable bonds is 1. The normalized spacial score (nSPS) is 12.7. The number of nitrogens with zero attached hydrogens (tertiary/aromatic N) is 1. The molecule has 1 heterocycles. The maximum absolute atomic E-state index is 4.17. The highest BCUT2D eigenvalue weighted by molar-refractivity contribution is 5.65. The SMILES string of the molecule is CC.CC(C)C1=Cc2[nH]cnc2C=C=C1.[HH]. The predicted molar refractivity (Wildman–Crippen MR) is 67.4 cm³/mol. The van der Waals surface area contributed by atoms with Crippen molar-refractivity contribution in [2.75, 3.05) is 0 Å². The van der Waals surface area contributed by atoms with Crippen LogP contribution < -0.4 is 0 Å². The largest absolute Gasteiger partial charge is 0.345 e. The Labute approximate surface area is 92.9 Å². The lowest BCUT2D eigenvalue weighted by molar-refractivity contribution is 0.797. The summed E-state index contributed by atoms with van der Waals surface area (Å²) in [6.07, 6.45) is 7.75. The van der Waals surface area contributed by atoms with Gasteiger partial charge in [-0.25, -0.2) is 4.98 Å². The van der Waals surface area contributed by atoms with E-state index < -0.39 is 0 Å². The first-order chi connectivity index (χ1) is 7.27. The molecule has 15 heavy (non-hydrogen) atoms. The number of nitrogens with one attached hydrogen (secondary N) is 1. The molecule has 1 aromatic rings. The molecule has 0 aromatic carbocycles. The van der Waals surface area contributed by atoms with Crippen LogP contribution in [0.15, 0.2) is 23.7 Å². The summed E-state index contributed by atoms with van der Waals surface area (Å²) in [7, 11) is 0. The second-order valence-electron chi connectivity index (χ2n) is 3.46. The van der Waals surface area contributed by atoms with E-state index in [1.807, 2.05) is 26.0 Å². The van der Waals surface area contributed by atoms with E-state index >= 15 is 0 Å². The fraction of sp³-hybridized carbons (Fsp3) is 0.385. The highest BCUT2D eigenvalue weighted by Gasteiger charge is 2.05. The molecule has 1 aliphatic carbocycles. The van der Waals surface area contributed by atoms with Crippen molar-refractivity contribution in [2.24, 2.45) is 5.92 Å². The molecule has 1 aliphatic rings. The molecule has 0 atom stereocenters. The maximum Gasteiger partial charge on any atom is 0.0959 e. The van der Waals surface area contributed by atoms with Crippen LogP contribution in [-0.4, -0.2) is 9.97 Å². The second kappa shape index (κ2) is 5.38. The monoisotopic (exact) mass is 204 g/mol. The third-order valence-electron chi connectivity index (χ3n) is 2.15. The van der Waals surface area contributed by atoms with E-state index in [-0.39, 0.29) is 1.43 Å². The van der Waals surface area contributed by atoms with Crippen molar-refractivity contribution in [3.63, 3.8) is 0 Å². The zero-order chi connectivity index (χ0) is 11.3. The summed E-state index contributed by atoms with van der Waals surface area (Å²) < 4.78 is 0. The van der Waals surface area contributed by atoms with Crippen LogP contribution in [0.5, 0.6) is 0 Å². The molecule has 0 fully saturated rings. The van der Waals surface area contributed by atoms with Crippen LogP contribution in [-0.2, 0) is 0 Å². The van der Waals surface area contributed by atoms with Gasteiger partial charge in [-0.05, 0) is 23.6 Å². The van der Waals surface area contributed by atoms with E-state index in [1.165, 1.54) is 5.57 Å². The summed E-state index contributed by atoms with van der Waals surface area (Å²) in [5.74, 6) is 0.523. The van der Waals surface area contributed by atoms with Crippen molar-refractivity contribution in [3.8, 4) is 0 Å². The molecular weight excluding hydrogens is 184 g/mol. The summed E-state index contributed by atoms with van der Waals surface area (Å²) in [4.78, 5) is 7.28. The van der Waals surface area contributed by atoms with Gasteiger partial charge in [-0.15, -0.1) is 5.73 Å². The first-order valence-corrected chi connectivity index (χ1v) is 5.45. The summed E-state index contributed by atoms with van der Waals surface area (Å²) in [6, 6.07) is 0. The lowest BCUT2D eigenvalue weighted by atomic mass is 10.0. The number of hydrogen-bond donors (Lipinski definition) is 1. The molecule has 2 heteroatoms. The van der Waals surface area contributed by atoms with Crippen molar-refractivity contribution in [2.45, 2.75) is 27.7 Å². The first kappa shape index (κ1) is 11.5. The molecule has 0 unspecified atom stereocenters. The van der Waals surface area contributed by atoms with E-state index in [1.54, 1.807) is 6.33 Å². The molecule has 0 bridgehead atoms. The highest BCUT2D eigenvalue weighted by Crippen LogP contribution is 2.19. The molecule has 0 saturated heterocycles. The van der Waals surface area contributed by atoms with Gasteiger partial charge in [0.15, 0.2) is 0 Å². The Morgan fingerprint density at radius 3 is 2.73 bits per heavy atom. The Balaban J connectivity index is 0.000000711. The molecular formula is C13H20N2. The summed E-state index contributed by atoms with van der Waals surface area (Å²) in [5.41, 5.74) is 6.44. The quantitative estimate of drug-likeness (QED) is 0.690. The number of imidazole rings is 1. The zero-order valence-corrected chi connectivity index (χ0v) is 9.83. The molecule has 0 spiro atoms. The molecule has 0 aliphatic heterocycles. The number of aromatic amines is 1. The molecule has 0 amide bonds. The Morgan fingerprint density at radius 1 is 1.33 bits per heavy atom. The van der Waals surface area contributed by atoms with Gasteiger partial charge in [0.25, 0.3) is 0 Å². The van der Waals surface area contributed by atoms with Crippen LogP contribution >= 0.6 is 0 Å². The van der Waals surface area contributed by atoms with E-state index in [0.717, 1.165) is 11.4 Å². The standard InChI is InChI=1S/C11H12N2.C2H6.H2/c1-8(2)9-4-3-5-10-11(6-9)13-7-12-10;1-2;/h4-8H,1-2H3,(H,12,13);1-2H3;1H. The molecule has 2 nitrogen and oxygen atoms in total. The summed E-state index contributed by atoms with van der Waals surface area (Å²) in [6.45, 7) is 8.34. The van der Waals surface area contributed by atoms with Crippen molar-refractivity contribution < 1.29 is 1.43 Å². The summed E-state index contributed by atoms with van der Waals surface area (Å²) in [5, 5.41) is 0. The molecule has 0 radical (unpaired) electrons. The van der Waals surface area contributed by atoms with Crippen LogP contribution in [0.3, 0.4) is 0 Å². The van der Waals surface area contributed by atoms with Crippen molar-refractivity contribution in [3.05, 3.63) is 35.1 Å². The van der Waals surface area contributed by atoms with Crippen molar-refractivity contribution in [1.29, 1.82) is 0 Å². The average Bonchev–Trinajstić information content (AvgIpc) is 2.58. The van der Waals surface area contributed by atoms with Crippen LogP contribution in [0.25, 0.3) is 12.2 Å². The molecule has 0 saturated carbocycles. The Bertz CT molecular complexity index is 407. The first-order valence-electron chi connectivity index (χ1n) is 5.45. The lowest BCUT2D eigenvalue weighted by Gasteiger charge is -2.03. The van der Waals surface area contributed by atoms with Gasteiger partial charge < -0.3 is 4.98 Å². The number of H-pyrrole nitrogens is 1. The van der Waals surface area contributed by atoms with Gasteiger partial charge in [0.2, 0.25) is 0 Å². The Hall–Kier alpha value is -1.53. The van der Waals surface area contributed by atoms with Crippen LogP contribution in [0, 0.1) is 5.92 Å². The average molecular weight is 204 g/mol. The smallest absolute Gasteiger partial charge is 0.0959 e. The van der Waals surface area contributed by atoms with E-state index in [9.17, 15) is 0 Å². The van der Waals surface area contributed by atoms with E-state index in [2.05, 4.69) is 35.6 Å². The van der Waals surface area contributed by atoms with Crippen LogP contribution in [0.1, 0.15) is 40.5 Å². The number of fused-ring (bicyclic) bond motifs is 1. The van der Waals surface area contributed by atoms with Gasteiger partial charge >= 0.3 is 0 Å². The van der Waals surface area contributed by atoms with Crippen LogP contribution in [0.4, 0.5) is 0 Å². The predicted octanol–water partition coefficient (Wildman–Crippen LogP) is 3.90. The minimum atomic E-state index is 0. The fourth-order valence-electron chi connectivity index (χ4n) is 1.30.